The maximum atomic E-state index is 13.2. The van der Waals surface area contributed by atoms with Crippen molar-refractivity contribution in [2.24, 2.45) is 0 Å². The largest absolute Gasteiger partial charge is 0.481 e. The molecule has 0 aliphatic carbocycles. The Labute approximate surface area is 100 Å². The fourth-order valence-electron chi connectivity index (χ4n) is 1.09. The lowest BCUT2D eigenvalue weighted by atomic mass is 10.3. The van der Waals surface area contributed by atoms with E-state index in [1.165, 1.54) is 0 Å². The number of benzene rings is 1. The van der Waals surface area contributed by atoms with Crippen LogP contribution in [0.1, 0.15) is 6.42 Å². The van der Waals surface area contributed by atoms with Crippen LogP contribution < -0.4 is 4.72 Å². The Kier molecular flexibility index (Phi) is 4.30. The van der Waals surface area contributed by atoms with Gasteiger partial charge in [0.25, 0.3) is 0 Å². The minimum absolute atomic E-state index is 0.462. The molecule has 0 fully saturated rings. The van der Waals surface area contributed by atoms with Crippen LogP contribution in [0.4, 0.5) is 13.2 Å². The van der Waals surface area contributed by atoms with Crippen molar-refractivity contribution in [1.29, 1.82) is 0 Å². The first-order valence-corrected chi connectivity index (χ1v) is 6.09. The van der Waals surface area contributed by atoms with Gasteiger partial charge in [0.1, 0.15) is 4.90 Å². The quantitative estimate of drug-likeness (QED) is 0.785. The molecule has 0 radical (unpaired) electrons. The molecule has 0 bridgehead atoms. The Balaban J connectivity index is 2.99. The fourth-order valence-corrected chi connectivity index (χ4v) is 2.18. The van der Waals surface area contributed by atoms with Gasteiger partial charge in [0.05, 0.1) is 6.42 Å². The van der Waals surface area contributed by atoms with Crippen molar-refractivity contribution in [1.82, 2.24) is 4.72 Å². The van der Waals surface area contributed by atoms with E-state index in [0.29, 0.717) is 12.1 Å². The third-order valence-corrected chi connectivity index (χ3v) is 3.40. The Hall–Kier alpha value is -1.61. The van der Waals surface area contributed by atoms with E-state index in [0.717, 1.165) is 0 Å². The molecule has 1 aromatic carbocycles. The number of carboxylic acids is 1. The number of halogens is 3. The van der Waals surface area contributed by atoms with E-state index in [9.17, 15) is 26.4 Å². The molecule has 0 atom stereocenters. The van der Waals surface area contributed by atoms with E-state index in [-0.39, 0.29) is 0 Å². The molecule has 0 amide bonds. The second kappa shape index (κ2) is 5.36. The number of nitrogens with one attached hydrogen (secondary N) is 1. The van der Waals surface area contributed by atoms with Crippen molar-refractivity contribution in [3.8, 4) is 0 Å². The van der Waals surface area contributed by atoms with Crippen molar-refractivity contribution in [2.45, 2.75) is 11.3 Å². The van der Waals surface area contributed by atoms with Gasteiger partial charge in [-0.05, 0) is 12.1 Å². The number of rotatable bonds is 5. The first kappa shape index (κ1) is 14.5. The molecule has 2 N–H and O–H groups in total. The van der Waals surface area contributed by atoms with Crippen molar-refractivity contribution >= 4 is 16.0 Å². The van der Waals surface area contributed by atoms with Crippen LogP contribution in [0.25, 0.3) is 0 Å². The van der Waals surface area contributed by atoms with Gasteiger partial charge in [0, 0.05) is 6.54 Å². The third kappa shape index (κ3) is 3.20. The molecule has 1 rings (SSSR count). The zero-order valence-corrected chi connectivity index (χ0v) is 9.60. The summed E-state index contributed by atoms with van der Waals surface area (Å²) in [7, 11) is -4.42. The summed E-state index contributed by atoms with van der Waals surface area (Å²) in [6.07, 6.45) is -0.523. The average molecular weight is 283 g/mol. The highest BCUT2D eigenvalue weighted by Crippen LogP contribution is 2.19. The van der Waals surface area contributed by atoms with Crippen molar-refractivity contribution < 1.29 is 31.5 Å². The van der Waals surface area contributed by atoms with Crippen LogP contribution in [0.3, 0.4) is 0 Å². The molecular formula is C9H8F3NO4S. The van der Waals surface area contributed by atoms with Gasteiger partial charge < -0.3 is 5.11 Å². The van der Waals surface area contributed by atoms with E-state index in [1.807, 2.05) is 0 Å². The molecule has 5 nitrogen and oxygen atoms in total. The van der Waals surface area contributed by atoms with Crippen LogP contribution in [-0.2, 0) is 14.8 Å². The van der Waals surface area contributed by atoms with Gasteiger partial charge in [-0.25, -0.2) is 26.3 Å². The van der Waals surface area contributed by atoms with E-state index >= 15 is 0 Å². The van der Waals surface area contributed by atoms with E-state index in [2.05, 4.69) is 0 Å². The van der Waals surface area contributed by atoms with Crippen molar-refractivity contribution in [3.63, 3.8) is 0 Å². The topological polar surface area (TPSA) is 83.5 Å². The third-order valence-electron chi connectivity index (χ3n) is 1.92. The predicted octanol–water partition coefficient (Wildman–Crippen LogP) is 0.857. The van der Waals surface area contributed by atoms with E-state index in [4.69, 9.17) is 5.11 Å². The molecule has 0 saturated heterocycles. The minimum atomic E-state index is -4.42. The monoisotopic (exact) mass is 283 g/mol. The number of aliphatic carboxylic acids is 1. The maximum absolute atomic E-state index is 13.2. The van der Waals surface area contributed by atoms with Crippen LogP contribution >= 0.6 is 0 Å². The zero-order valence-electron chi connectivity index (χ0n) is 8.78. The summed E-state index contributed by atoms with van der Waals surface area (Å²) in [6, 6.07) is 1.01. The minimum Gasteiger partial charge on any atom is -0.481 e. The summed E-state index contributed by atoms with van der Waals surface area (Å²) in [5.74, 6) is -6.53. The van der Waals surface area contributed by atoms with Crippen LogP contribution in [0.5, 0.6) is 0 Å². The Morgan fingerprint density at radius 2 is 1.83 bits per heavy atom. The summed E-state index contributed by atoms with van der Waals surface area (Å²) in [5.41, 5.74) is 0. The molecule has 0 saturated carbocycles. The van der Waals surface area contributed by atoms with Crippen LogP contribution in [0.15, 0.2) is 17.0 Å². The molecule has 1 aromatic rings. The number of carbonyl (C=O) groups is 1. The molecule has 18 heavy (non-hydrogen) atoms. The SMILES string of the molecule is O=C(O)CCNS(=O)(=O)c1ccc(F)c(F)c1F. The van der Waals surface area contributed by atoms with E-state index < -0.39 is 51.3 Å². The molecular weight excluding hydrogens is 275 g/mol. The molecule has 9 heteroatoms. The molecule has 0 aliphatic heterocycles. The smallest absolute Gasteiger partial charge is 0.304 e. The molecule has 100 valence electrons. The molecule has 0 aliphatic rings. The van der Waals surface area contributed by atoms with Crippen LogP contribution in [-0.4, -0.2) is 26.0 Å². The van der Waals surface area contributed by atoms with Crippen LogP contribution in [0, 0.1) is 17.5 Å². The highest BCUT2D eigenvalue weighted by molar-refractivity contribution is 7.89. The Bertz CT molecular complexity index is 573. The number of hydrogen-bond donors (Lipinski definition) is 2. The summed E-state index contributed by atoms with van der Waals surface area (Å²) in [4.78, 5) is 9.09. The summed E-state index contributed by atoms with van der Waals surface area (Å²) < 4.78 is 63.3. The molecule has 0 spiro atoms. The van der Waals surface area contributed by atoms with Gasteiger partial charge in [0.15, 0.2) is 17.5 Å². The standard InChI is InChI=1S/C9H8F3NO4S/c10-5-1-2-6(9(12)8(5)11)18(16,17)13-4-3-7(14)15/h1-2,13H,3-4H2,(H,14,15). The first-order chi connectivity index (χ1) is 8.25. The molecule has 0 heterocycles. The molecule has 0 unspecified atom stereocenters. The highest BCUT2D eigenvalue weighted by atomic mass is 32.2. The van der Waals surface area contributed by atoms with Crippen LogP contribution in [0.2, 0.25) is 0 Å². The van der Waals surface area contributed by atoms with Gasteiger partial charge >= 0.3 is 5.97 Å². The second-order valence-electron chi connectivity index (χ2n) is 3.21. The van der Waals surface area contributed by atoms with Gasteiger partial charge in [0.2, 0.25) is 10.0 Å². The van der Waals surface area contributed by atoms with Crippen molar-refractivity contribution in [2.75, 3.05) is 6.54 Å². The van der Waals surface area contributed by atoms with Crippen molar-refractivity contribution in [3.05, 3.63) is 29.6 Å². The Morgan fingerprint density at radius 3 is 2.39 bits per heavy atom. The molecule has 0 aromatic heterocycles. The predicted molar refractivity (Wildman–Crippen MR) is 53.8 cm³/mol. The zero-order chi connectivity index (χ0) is 13.9. The maximum Gasteiger partial charge on any atom is 0.304 e. The lowest BCUT2D eigenvalue weighted by Crippen LogP contribution is -2.27. The second-order valence-corrected chi connectivity index (χ2v) is 4.95. The number of carboxylic acid groups (broad SMARTS) is 1. The summed E-state index contributed by atoms with van der Waals surface area (Å²) >= 11 is 0. The number of hydrogen-bond acceptors (Lipinski definition) is 3. The first-order valence-electron chi connectivity index (χ1n) is 4.60. The lowest BCUT2D eigenvalue weighted by molar-refractivity contribution is -0.136. The lowest BCUT2D eigenvalue weighted by Gasteiger charge is -2.07. The normalized spacial score (nSPS) is 11.5. The van der Waals surface area contributed by atoms with Gasteiger partial charge in [-0.15, -0.1) is 0 Å². The number of sulfonamides is 1. The summed E-state index contributed by atoms with van der Waals surface area (Å²) in [6.45, 7) is -0.490. The van der Waals surface area contributed by atoms with Gasteiger partial charge in [-0.3, -0.25) is 4.79 Å². The highest BCUT2D eigenvalue weighted by Gasteiger charge is 2.23. The van der Waals surface area contributed by atoms with Gasteiger partial charge in [-0.2, -0.15) is 0 Å². The van der Waals surface area contributed by atoms with E-state index in [1.54, 1.807) is 4.72 Å². The summed E-state index contributed by atoms with van der Waals surface area (Å²) in [5, 5.41) is 8.30. The average Bonchev–Trinajstić information content (AvgIpc) is 2.24. The Morgan fingerprint density at radius 1 is 1.22 bits per heavy atom. The fraction of sp³-hybridized carbons (Fsp3) is 0.222. The van der Waals surface area contributed by atoms with Gasteiger partial charge in [-0.1, -0.05) is 0 Å².